The molecule has 0 saturated carbocycles. The number of rotatable bonds is 4. The van der Waals surface area contributed by atoms with E-state index in [-0.39, 0.29) is 16.8 Å². The van der Waals surface area contributed by atoms with Gasteiger partial charge < -0.3 is 5.32 Å². The first-order valence-corrected chi connectivity index (χ1v) is 5.88. The molecular formula is C12H8ClN5O2. The molecule has 0 spiro atoms. The van der Waals surface area contributed by atoms with E-state index in [0.717, 1.165) is 11.8 Å². The van der Waals surface area contributed by atoms with Crippen molar-refractivity contribution in [2.75, 3.05) is 5.32 Å². The third-order valence-corrected chi connectivity index (χ3v) is 2.66. The molecule has 0 fully saturated rings. The van der Waals surface area contributed by atoms with Crippen molar-refractivity contribution in [3.8, 4) is 6.07 Å². The number of aromatic nitrogens is 2. The van der Waals surface area contributed by atoms with Gasteiger partial charge in [-0.1, -0.05) is 12.1 Å². The molecule has 0 aliphatic rings. The second kappa shape index (κ2) is 5.95. The van der Waals surface area contributed by atoms with Crippen LogP contribution in [0.15, 0.2) is 30.5 Å². The van der Waals surface area contributed by atoms with E-state index in [1.165, 1.54) is 0 Å². The molecule has 0 aliphatic carbocycles. The van der Waals surface area contributed by atoms with E-state index < -0.39 is 4.92 Å². The fourth-order valence-corrected chi connectivity index (χ4v) is 1.63. The molecule has 0 aliphatic heterocycles. The summed E-state index contributed by atoms with van der Waals surface area (Å²) in [6, 6.07) is 8.84. The molecule has 1 aromatic heterocycles. The van der Waals surface area contributed by atoms with Crippen LogP contribution < -0.4 is 5.32 Å². The van der Waals surface area contributed by atoms with Gasteiger partial charge in [-0.2, -0.15) is 10.2 Å². The maximum Gasteiger partial charge on any atom is 0.329 e. The Morgan fingerprint density at radius 2 is 2.10 bits per heavy atom. The summed E-state index contributed by atoms with van der Waals surface area (Å²) in [5, 5.41) is 22.3. The predicted octanol–water partition coefficient (Wildman–Crippen LogP) is 2.52. The molecule has 0 amide bonds. The number of halogens is 1. The number of hydrogen-bond acceptors (Lipinski definition) is 6. The summed E-state index contributed by atoms with van der Waals surface area (Å²) >= 11 is 5.62. The van der Waals surface area contributed by atoms with Crippen molar-refractivity contribution in [3.63, 3.8) is 0 Å². The summed E-state index contributed by atoms with van der Waals surface area (Å²) < 4.78 is 0. The minimum Gasteiger partial charge on any atom is -0.360 e. The minimum absolute atomic E-state index is 0.0550. The molecule has 2 aromatic rings. The molecule has 0 unspecified atom stereocenters. The van der Waals surface area contributed by atoms with Gasteiger partial charge in [0.2, 0.25) is 11.1 Å². The molecule has 8 heteroatoms. The molecule has 20 heavy (non-hydrogen) atoms. The molecule has 2 rings (SSSR count). The second-order valence-corrected chi connectivity index (χ2v) is 4.13. The molecule has 0 bridgehead atoms. The first-order chi connectivity index (χ1) is 9.60. The lowest BCUT2D eigenvalue weighted by molar-refractivity contribution is -0.384. The van der Waals surface area contributed by atoms with Crippen molar-refractivity contribution in [2.45, 2.75) is 6.54 Å². The van der Waals surface area contributed by atoms with Gasteiger partial charge >= 0.3 is 5.69 Å². The Kier molecular flexibility index (Phi) is 4.08. The van der Waals surface area contributed by atoms with Gasteiger partial charge in [0, 0.05) is 6.54 Å². The number of anilines is 1. The molecule has 7 nitrogen and oxygen atoms in total. The summed E-state index contributed by atoms with van der Waals surface area (Å²) in [7, 11) is 0. The highest BCUT2D eigenvalue weighted by molar-refractivity contribution is 6.28. The number of nitrogens with zero attached hydrogens (tertiary/aromatic N) is 4. The standard InChI is InChI=1S/C12H8ClN5O2/c13-12-16-7-10(18(19)20)11(17-12)15-6-9-3-1-8(5-14)2-4-9/h1-4,7H,6H2,(H,15,16,17). The van der Waals surface area contributed by atoms with Crippen molar-refractivity contribution in [1.29, 1.82) is 5.26 Å². The quantitative estimate of drug-likeness (QED) is 0.527. The Morgan fingerprint density at radius 1 is 1.40 bits per heavy atom. The van der Waals surface area contributed by atoms with Crippen molar-refractivity contribution >= 4 is 23.1 Å². The molecule has 1 heterocycles. The van der Waals surface area contributed by atoms with Crippen molar-refractivity contribution in [3.05, 3.63) is 57.0 Å². The van der Waals surface area contributed by atoms with Crippen LogP contribution in [0, 0.1) is 21.4 Å². The highest BCUT2D eigenvalue weighted by atomic mass is 35.5. The lowest BCUT2D eigenvalue weighted by Gasteiger charge is -2.06. The van der Waals surface area contributed by atoms with Gasteiger partial charge in [0.25, 0.3) is 0 Å². The van der Waals surface area contributed by atoms with Gasteiger partial charge in [0.05, 0.1) is 16.6 Å². The summed E-state index contributed by atoms with van der Waals surface area (Å²) in [6.07, 6.45) is 1.05. The van der Waals surface area contributed by atoms with Crippen LogP contribution >= 0.6 is 11.6 Å². The Balaban J connectivity index is 2.15. The number of nitro groups is 1. The lowest BCUT2D eigenvalue weighted by Crippen LogP contribution is -2.05. The number of nitriles is 1. The third kappa shape index (κ3) is 3.18. The first-order valence-electron chi connectivity index (χ1n) is 5.50. The van der Waals surface area contributed by atoms with E-state index in [0.29, 0.717) is 12.1 Å². The van der Waals surface area contributed by atoms with Crippen LogP contribution in [0.5, 0.6) is 0 Å². The zero-order chi connectivity index (χ0) is 14.5. The molecular weight excluding hydrogens is 282 g/mol. The van der Waals surface area contributed by atoms with E-state index in [2.05, 4.69) is 15.3 Å². The SMILES string of the molecule is N#Cc1ccc(CNc2nc(Cl)ncc2[N+](=O)[O-])cc1. The average Bonchev–Trinajstić information content (AvgIpc) is 2.45. The van der Waals surface area contributed by atoms with E-state index in [1.54, 1.807) is 24.3 Å². The van der Waals surface area contributed by atoms with E-state index in [1.807, 2.05) is 6.07 Å². The largest absolute Gasteiger partial charge is 0.360 e. The van der Waals surface area contributed by atoms with Gasteiger partial charge in [-0.15, -0.1) is 0 Å². The maximum atomic E-state index is 10.8. The average molecular weight is 290 g/mol. The van der Waals surface area contributed by atoms with Gasteiger partial charge in [0.15, 0.2) is 0 Å². The van der Waals surface area contributed by atoms with Crippen LogP contribution in [0.2, 0.25) is 5.28 Å². The molecule has 0 atom stereocenters. The normalized spacial score (nSPS) is 9.80. The molecule has 1 N–H and O–H groups in total. The Bertz CT molecular complexity index is 681. The zero-order valence-corrected chi connectivity index (χ0v) is 10.8. The van der Waals surface area contributed by atoms with Crippen LogP contribution in [0.4, 0.5) is 11.5 Å². The van der Waals surface area contributed by atoms with E-state index in [9.17, 15) is 10.1 Å². The van der Waals surface area contributed by atoms with Crippen molar-refractivity contribution < 1.29 is 4.92 Å². The summed E-state index contributed by atoms with van der Waals surface area (Å²) in [4.78, 5) is 17.6. The van der Waals surface area contributed by atoms with E-state index >= 15 is 0 Å². The van der Waals surface area contributed by atoms with Crippen molar-refractivity contribution in [2.24, 2.45) is 0 Å². The first kappa shape index (κ1) is 13.7. The van der Waals surface area contributed by atoms with Gasteiger partial charge in [-0.25, -0.2) is 4.98 Å². The van der Waals surface area contributed by atoms with Gasteiger partial charge in [-0.05, 0) is 29.3 Å². The molecule has 0 saturated heterocycles. The van der Waals surface area contributed by atoms with Gasteiger partial charge in [0.1, 0.15) is 6.20 Å². The fourth-order valence-electron chi connectivity index (χ4n) is 1.50. The minimum atomic E-state index is -0.586. The predicted molar refractivity (Wildman–Crippen MR) is 72.2 cm³/mol. The topological polar surface area (TPSA) is 105 Å². The lowest BCUT2D eigenvalue weighted by atomic mass is 10.1. The Labute approximate surface area is 119 Å². The number of hydrogen-bond donors (Lipinski definition) is 1. The molecule has 100 valence electrons. The van der Waals surface area contributed by atoms with E-state index in [4.69, 9.17) is 16.9 Å². The Hall–Kier alpha value is -2.72. The maximum absolute atomic E-state index is 10.8. The van der Waals surface area contributed by atoms with Crippen LogP contribution in [-0.4, -0.2) is 14.9 Å². The summed E-state index contributed by atoms with van der Waals surface area (Å²) in [5.74, 6) is 0.0550. The fraction of sp³-hybridized carbons (Fsp3) is 0.0833. The zero-order valence-electron chi connectivity index (χ0n) is 10.1. The smallest absolute Gasteiger partial charge is 0.329 e. The van der Waals surface area contributed by atoms with Gasteiger partial charge in [-0.3, -0.25) is 10.1 Å². The molecule has 1 aromatic carbocycles. The number of benzene rings is 1. The summed E-state index contributed by atoms with van der Waals surface area (Å²) in [5.41, 5.74) is 1.15. The summed E-state index contributed by atoms with van der Waals surface area (Å²) in [6.45, 7) is 0.319. The highest BCUT2D eigenvalue weighted by Crippen LogP contribution is 2.22. The number of nitrogens with one attached hydrogen (secondary N) is 1. The molecule has 0 radical (unpaired) electrons. The van der Waals surface area contributed by atoms with Crippen LogP contribution in [0.1, 0.15) is 11.1 Å². The van der Waals surface area contributed by atoms with Crippen LogP contribution in [0.3, 0.4) is 0 Å². The van der Waals surface area contributed by atoms with Crippen LogP contribution in [0.25, 0.3) is 0 Å². The van der Waals surface area contributed by atoms with Crippen molar-refractivity contribution in [1.82, 2.24) is 9.97 Å². The Morgan fingerprint density at radius 3 is 2.70 bits per heavy atom. The highest BCUT2D eigenvalue weighted by Gasteiger charge is 2.16. The monoisotopic (exact) mass is 289 g/mol. The third-order valence-electron chi connectivity index (χ3n) is 2.48. The van der Waals surface area contributed by atoms with Crippen LogP contribution in [-0.2, 0) is 6.54 Å². The second-order valence-electron chi connectivity index (χ2n) is 3.79.